The standard InChI is InChI=1S/C15H12Cl4FN3O5/c1-3-28-12(24)8-7(5-4-6-27-2)21-11(16)9(20)10(8)22-14(26)23-13(25)15(17,18)19/h3,6H2,1-2H3,(H2,21,22,23,25,26). The van der Waals surface area contributed by atoms with Gasteiger partial charge in [-0.3, -0.25) is 10.1 Å². The maximum atomic E-state index is 14.5. The minimum absolute atomic E-state index is 0.0278. The summed E-state index contributed by atoms with van der Waals surface area (Å²) in [7, 11) is 1.38. The number of alkyl halides is 3. The fraction of sp³-hybridized carbons (Fsp3) is 0.333. The molecule has 152 valence electrons. The topological polar surface area (TPSA) is 107 Å². The number of carbonyl (C=O) groups is 3. The Morgan fingerprint density at radius 1 is 1.29 bits per heavy atom. The smallest absolute Gasteiger partial charge is 0.343 e. The number of ether oxygens (including phenoxy) is 2. The summed E-state index contributed by atoms with van der Waals surface area (Å²) in [6, 6.07) is -1.31. The Labute approximate surface area is 178 Å². The molecule has 0 spiro atoms. The summed E-state index contributed by atoms with van der Waals surface area (Å²) in [5.74, 6) is 1.35. The molecule has 8 nitrogen and oxygen atoms in total. The first-order valence-corrected chi connectivity index (χ1v) is 8.77. The molecule has 1 aromatic heterocycles. The van der Waals surface area contributed by atoms with Crippen LogP contribution in [0.15, 0.2) is 0 Å². The minimum atomic E-state index is -2.45. The predicted molar refractivity (Wildman–Crippen MR) is 101 cm³/mol. The summed E-state index contributed by atoms with van der Waals surface area (Å²) in [6.07, 6.45) is 0. The second-order valence-corrected chi connectivity index (χ2v) is 7.32. The highest BCUT2D eigenvalue weighted by molar-refractivity contribution is 6.76. The highest BCUT2D eigenvalue weighted by atomic mass is 35.6. The zero-order chi connectivity index (χ0) is 21.5. The SMILES string of the molecule is CCOC(=O)c1c(C#CCOC)nc(Cl)c(F)c1NC(=O)NC(=O)C(Cl)(Cl)Cl. The summed E-state index contributed by atoms with van der Waals surface area (Å²) in [5.41, 5.74) is -1.54. The van der Waals surface area contributed by atoms with Crippen LogP contribution in [0.5, 0.6) is 0 Å². The first-order chi connectivity index (χ1) is 13.0. The van der Waals surface area contributed by atoms with E-state index >= 15 is 0 Å². The van der Waals surface area contributed by atoms with Crippen LogP contribution in [0.2, 0.25) is 5.15 Å². The van der Waals surface area contributed by atoms with Crippen LogP contribution in [0, 0.1) is 17.7 Å². The van der Waals surface area contributed by atoms with Crippen molar-refractivity contribution < 1.29 is 28.2 Å². The second-order valence-electron chi connectivity index (χ2n) is 4.68. The fourth-order valence-electron chi connectivity index (χ4n) is 1.65. The Morgan fingerprint density at radius 3 is 2.46 bits per heavy atom. The maximum absolute atomic E-state index is 14.5. The van der Waals surface area contributed by atoms with Gasteiger partial charge in [0.1, 0.15) is 17.9 Å². The fourth-order valence-corrected chi connectivity index (χ4v) is 1.98. The molecule has 0 radical (unpaired) electrons. The number of pyridine rings is 1. The molecule has 0 aliphatic heterocycles. The minimum Gasteiger partial charge on any atom is -0.462 e. The number of aromatic nitrogens is 1. The Kier molecular flexibility index (Phi) is 9.20. The van der Waals surface area contributed by atoms with E-state index in [2.05, 4.69) is 16.8 Å². The van der Waals surface area contributed by atoms with Crippen LogP contribution in [0.3, 0.4) is 0 Å². The molecule has 28 heavy (non-hydrogen) atoms. The van der Waals surface area contributed by atoms with E-state index in [4.69, 9.17) is 55.9 Å². The summed E-state index contributed by atoms with van der Waals surface area (Å²) >= 11 is 21.7. The second kappa shape index (κ2) is 10.6. The van der Waals surface area contributed by atoms with Crippen LogP contribution in [-0.2, 0) is 14.3 Å². The largest absolute Gasteiger partial charge is 0.462 e. The number of nitrogens with zero attached hydrogens (tertiary/aromatic N) is 1. The number of urea groups is 1. The van der Waals surface area contributed by atoms with Crippen LogP contribution in [0.1, 0.15) is 23.0 Å². The number of halogens is 5. The highest BCUT2D eigenvalue weighted by Gasteiger charge is 2.33. The van der Waals surface area contributed by atoms with Gasteiger partial charge >= 0.3 is 12.0 Å². The summed E-state index contributed by atoms with van der Waals surface area (Å²) < 4.78 is 21.6. The van der Waals surface area contributed by atoms with Gasteiger partial charge in [-0.25, -0.2) is 19.0 Å². The van der Waals surface area contributed by atoms with Gasteiger partial charge in [-0.15, -0.1) is 0 Å². The summed E-state index contributed by atoms with van der Waals surface area (Å²) in [5, 5.41) is 2.91. The van der Waals surface area contributed by atoms with Crippen molar-refractivity contribution >= 4 is 70.0 Å². The molecule has 0 aliphatic carbocycles. The Hall–Kier alpha value is -1.83. The van der Waals surface area contributed by atoms with E-state index in [0.717, 1.165) is 0 Å². The van der Waals surface area contributed by atoms with Gasteiger partial charge in [0, 0.05) is 7.11 Å². The number of hydrogen-bond acceptors (Lipinski definition) is 6. The number of esters is 1. The first kappa shape index (κ1) is 24.2. The van der Waals surface area contributed by atoms with Crippen molar-refractivity contribution in [2.24, 2.45) is 0 Å². The number of carbonyl (C=O) groups excluding carboxylic acids is 3. The van der Waals surface area contributed by atoms with E-state index in [1.54, 1.807) is 5.32 Å². The zero-order valence-corrected chi connectivity index (χ0v) is 17.3. The van der Waals surface area contributed by atoms with Crippen molar-refractivity contribution in [2.45, 2.75) is 10.7 Å². The lowest BCUT2D eigenvalue weighted by Gasteiger charge is -2.15. The first-order valence-electron chi connectivity index (χ1n) is 7.25. The highest BCUT2D eigenvalue weighted by Crippen LogP contribution is 2.29. The van der Waals surface area contributed by atoms with E-state index in [1.807, 2.05) is 5.32 Å². The molecule has 0 unspecified atom stereocenters. The maximum Gasteiger partial charge on any atom is 0.343 e. The summed E-state index contributed by atoms with van der Waals surface area (Å²) in [6.45, 7) is 1.42. The number of amides is 3. The van der Waals surface area contributed by atoms with Gasteiger partial charge in [-0.05, 0) is 12.8 Å². The zero-order valence-electron chi connectivity index (χ0n) is 14.3. The molecule has 13 heteroatoms. The van der Waals surface area contributed by atoms with Gasteiger partial charge in [0.15, 0.2) is 11.0 Å². The third kappa shape index (κ3) is 6.65. The van der Waals surface area contributed by atoms with Crippen LogP contribution in [0.25, 0.3) is 0 Å². The van der Waals surface area contributed by atoms with E-state index in [-0.39, 0.29) is 18.9 Å². The normalized spacial score (nSPS) is 10.5. The lowest BCUT2D eigenvalue weighted by Crippen LogP contribution is -2.41. The molecule has 2 N–H and O–H groups in total. The molecular weight excluding hydrogens is 463 g/mol. The lowest BCUT2D eigenvalue weighted by molar-refractivity contribution is -0.119. The van der Waals surface area contributed by atoms with E-state index in [1.165, 1.54) is 14.0 Å². The number of methoxy groups -OCH3 is 1. The molecular formula is C15H12Cl4FN3O5. The lowest BCUT2D eigenvalue weighted by atomic mass is 10.1. The molecule has 1 aromatic rings. The average molecular weight is 475 g/mol. The van der Waals surface area contributed by atoms with E-state index < -0.39 is 43.9 Å². The van der Waals surface area contributed by atoms with Crippen molar-refractivity contribution in [2.75, 3.05) is 25.6 Å². The van der Waals surface area contributed by atoms with E-state index in [0.29, 0.717) is 0 Å². The number of rotatable bonds is 4. The Bertz CT molecular complexity index is 849. The summed E-state index contributed by atoms with van der Waals surface area (Å²) in [4.78, 5) is 39.5. The molecule has 1 heterocycles. The van der Waals surface area contributed by atoms with Gasteiger partial charge in [-0.1, -0.05) is 52.3 Å². The van der Waals surface area contributed by atoms with Gasteiger partial charge < -0.3 is 14.8 Å². The van der Waals surface area contributed by atoms with Crippen molar-refractivity contribution in [1.82, 2.24) is 10.3 Å². The monoisotopic (exact) mass is 473 g/mol. The molecule has 0 saturated carbocycles. The Morgan fingerprint density at radius 2 is 1.93 bits per heavy atom. The van der Waals surface area contributed by atoms with Crippen molar-refractivity contribution in [3.63, 3.8) is 0 Å². The Balaban J connectivity index is 3.42. The molecule has 0 atom stereocenters. The van der Waals surface area contributed by atoms with Crippen molar-refractivity contribution in [3.8, 4) is 11.8 Å². The molecule has 1 rings (SSSR count). The van der Waals surface area contributed by atoms with Crippen LogP contribution < -0.4 is 10.6 Å². The molecule has 0 saturated heterocycles. The number of imide groups is 1. The van der Waals surface area contributed by atoms with Crippen LogP contribution in [0.4, 0.5) is 14.9 Å². The van der Waals surface area contributed by atoms with Crippen LogP contribution in [-0.4, -0.2) is 47.0 Å². The number of hydrogen-bond donors (Lipinski definition) is 2. The molecule has 0 aliphatic rings. The third-order valence-corrected chi connectivity index (χ3v) is 3.49. The van der Waals surface area contributed by atoms with E-state index in [9.17, 15) is 18.8 Å². The molecule has 3 amide bonds. The van der Waals surface area contributed by atoms with Gasteiger partial charge in [0.05, 0.1) is 12.3 Å². The molecule has 0 fully saturated rings. The van der Waals surface area contributed by atoms with Crippen LogP contribution >= 0.6 is 46.4 Å². The quantitative estimate of drug-likeness (QED) is 0.300. The van der Waals surface area contributed by atoms with Gasteiger partial charge in [0.2, 0.25) is 0 Å². The van der Waals surface area contributed by atoms with Gasteiger partial charge in [-0.2, -0.15) is 0 Å². The average Bonchev–Trinajstić information content (AvgIpc) is 2.58. The number of anilines is 1. The predicted octanol–water partition coefficient (Wildman–Crippen LogP) is 3.07. The molecule has 0 aromatic carbocycles. The molecule has 0 bridgehead atoms. The van der Waals surface area contributed by atoms with Crippen molar-refractivity contribution in [3.05, 3.63) is 22.2 Å². The third-order valence-electron chi connectivity index (χ3n) is 2.72. The van der Waals surface area contributed by atoms with Gasteiger partial charge in [0.25, 0.3) is 9.70 Å². The van der Waals surface area contributed by atoms with Crippen molar-refractivity contribution in [1.29, 1.82) is 0 Å². The number of nitrogens with one attached hydrogen (secondary N) is 2.